The summed E-state index contributed by atoms with van der Waals surface area (Å²) < 4.78 is 6.89. The van der Waals surface area contributed by atoms with Crippen LogP contribution >= 0.6 is 0 Å². The molecule has 0 bridgehead atoms. The van der Waals surface area contributed by atoms with Gasteiger partial charge in [-0.15, -0.1) is 0 Å². The average Bonchev–Trinajstić information content (AvgIpc) is 2.79. The molecule has 0 atom stereocenters. The molecule has 3 rings (SSSR count). The lowest BCUT2D eigenvalue weighted by Crippen LogP contribution is -2.66. The summed E-state index contributed by atoms with van der Waals surface area (Å²) in [5.41, 5.74) is 1.63. The molecular formula is C29H32OSi. The van der Waals surface area contributed by atoms with Gasteiger partial charge in [0.2, 0.25) is 0 Å². The number of hydrogen-bond donors (Lipinski definition) is 0. The summed E-state index contributed by atoms with van der Waals surface area (Å²) in [5, 5.41) is 2.61. The van der Waals surface area contributed by atoms with Gasteiger partial charge >= 0.3 is 0 Å². The number of rotatable bonds is 9. The minimum Gasteiger partial charge on any atom is -0.407 e. The van der Waals surface area contributed by atoms with E-state index < -0.39 is 8.32 Å². The smallest absolute Gasteiger partial charge is 0.261 e. The van der Waals surface area contributed by atoms with Gasteiger partial charge in [-0.05, 0) is 46.0 Å². The standard InChI is InChI=1S/C29H32OSi/c1-25(26-18-10-5-11-19-26)17-9-8-16-24-30-31(29(2,3)4,27-20-12-6-13-21-27)28-22-14-7-15-23-28/h5-15,18-23H,16-17,24H2,2-4H3/b9-8+. The van der Waals surface area contributed by atoms with Crippen LogP contribution in [0.15, 0.2) is 103 Å². The minimum atomic E-state index is -2.46. The summed E-state index contributed by atoms with van der Waals surface area (Å²) in [4.78, 5) is 0. The van der Waals surface area contributed by atoms with Gasteiger partial charge in [0, 0.05) is 6.61 Å². The summed E-state index contributed by atoms with van der Waals surface area (Å²) >= 11 is 0. The molecule has 0 amide bonds. The molecule has 0 aliphatic rings. The molecule has 0 aromatic heterocycles. The fourth-order valence-corrected chi connectivity index (χ4v) is 8.70. The monoisotopic (exact) mass is 424 g/mol. The Labute approximate surface area is 189 Å². The van der Waals surface area contributed by atoms with Crippen molar-refractivity contribution in [1.82, 2.24) is 0 Å². The molecule has 0 unspecified atom stereocenters. The van der Waals surface area contributed by atoms with Crippen molar-refractivity contribution >= 4 is 24.3 Å². The number of hydrogen-bond acceptors (Lipinski definition) is 1. The Morgan fingerprint density at radius 3 is 1.74 bits per heavy atom. The Bertz CT molecular complexity index is 930. The number of benzene rings is 3. The summed E-state index contributed by atoms with van der Waals surface area (Å²) in [6, 6.07) is 31.4. The van der Waals surface area contributed by atoms with E-state index in [9.17, 15) is 0 Å². The van der Waals surface area contributed by atoms with Crippen LogP contribution in [0.1, 0.15) is 39.2 Å². The van der Waals surface area contributed by atoms with Crippen molar-refractivity contribution in [3.8, 4) is 0 Å². The highest BCUT2D eigenvalue weighted by Gasteiger charge is 2.49. The molecular weight excluding hydrogens is 392 g/mol. The van der Waals surface area contributed by atoms with Gasteiger partial charge in [0.1, 0.15) is 0 Å². The second-order valence-corrected chi connectivity index (χ2v) is 13.1. The van der Waals surface area contributed by atoms with Crippen LogP contribution in [-0.4, -0.2) is 14.9 Å². The first-order chi connectivity index (χ1) is 14.9. The van der Waals surface area contributed by atoms with Crippen LogP contribution in [0.25, 0.3) is 5.57 Å². The van der Waals surface area contributed by atoms with Crippen molar-refractivity contribution in [3.63, 3.8) is 0 Å². The van der Waals surface area contributed by atoms with Crippen molar-refractivity contribution in [1.29, 1.82) is 0 Å². The van der Waals surface area contributed by atoms with Gasteiger partial charge in [-0.1, -0.05) is 124 Å². The van der Waals surface area contributed by atoms with E-state index in [4.69, 9.17) is 11.0 Å². The summed E-state index contributed by atoms with van der Waals surface area (Å²) in [6.45, 7) is 15.8. The minimum absolute atomic E-state index is 0.00510. The molecule has 0 saturated carbocycles. The first-order valence-electron chi connectivity index (χ1n) is 11.0. The van der Waals surface area contributed by atoms with Gasteiger partial charge < -0.3 is 4.43 Å². The van der Waals surface area contributed by atoms with E-state index in [2.05, 4.69) is 93.6 Å². The van der Waals surface area contributed by atoms with Gasteiger partial charge in [0.25, 0.3) is 8.32 Å². The molecule has 1 nitrogen and oxygen atoms in total. The van der Waals surface area contributed by atoms with Crippen LogP contribution < -0.4 is 10.4 Å². The van der Waals surface area contributed by atoms with E-state index in [1.54, 1.807) is 0 Å². The molecule has 0 aliphatic heterocycles. The molecule has 2 radical (unpaired) electrons. The second-order valence-electron chi connectivity index (χ2n) is 8.82. The predicted molar refractivity (Wildman–Crippen MR) is 135 cm³/mol. The van der Waals surface area contributed by atoms with Gasteiger partial charge in [-0.3, -0.25) is 0 Å². The second kappa shape index (κ2) is 10.6. The first kappa shape index (κ1) is 23.0. The maximum absolute atomic E-state index is 8.24. The third-order valence-corrected chi connectivity index (χ3v) is 10.7. The van der Waals surface area contributed by atoms with Crippen molar-refractivity contribution < 1.29 is 4.43 Å². The van der Waals surface area contributed by atoms with Gasteiger partial charge in [0.15, 0.2) is 0 Å². The molecule has 2 heteroatoms. The largest absolute Gasteiger partial charge is 0.407 e. The van der Waals surface area contributed by atoms with Gasteiger partial charge in [-0.2, -0.15) is 0 Å². The molecule has 3 aromatic rings. The molecule has 0 heterocycles. The van der Waals surface area contributed by atoms with Crippen molar-refractivity contribution in [2.24, 2.45) is 0 Å². The van der Waals surface area contributed by atoms with E-state index in [0.29, 0.717) is 18.6 Å². The Balaban J connectivity index is 1.73. The lowest BCUT2D eigenvalue weighted by atomic mass is 10.0. The molecule has 0 saturated heterocycles. The fourth-order valence-electron chi connectivity index (χ4n) is 4.12. The van der Waals surface area contributed by atoms with E-state index in [-0.39, 0.29) is 5.04 Å². The Morgan fingerprint density at radius 1 is 0.774 bits per heavy atom. The maximum atomic E-state index is 8.24. The lowest BCUT2D eigenvalue weighted by Gasteiger charge is -2.43. The van der Waals surface area contributed by atoms with E-state index in [1.165, 1.54) is 10.4 Å². The molecule has 31 heavy (non-hydrogen) atoms. The third kappa shape index (κ3) is 5.52. The third-order valence-electron chi connectivity index (χ3n) is 5.63. The Morgan fingerprint density at radius 2 is 1.26 bits per heavy atom. The zero-order chi connectivity index (χ0) is 22.2. The Kier molecular flexibility index (Phi) is 7.84. The fraction of sp³-hybridized carbons (Fsp3) is 0.241. The predicted octanol–water partition coefficient (Wildman–Crippen LogP) is 6.29. The molecule has 3 aromatic carbocycles. The normalized spacial score (nSPS) is 12.2. The van der Waals surface area contributed by atoms with Crippen molar-refractivity contribution in [3.05, 3.63) is 115 Å². The SMILES string of the molecule is [C]=C(C/C=C/CCO[Si](c1ccccc1)(c1ccccc1)C(C)(C)C)c1ccccc1. The van der Waals surface area contributed by atoms with Gasteiger partial charge in [0.05, 0.1) is 0 Å². The van der Waals surface area contributed by atoms with E-state index in [0.717, 1.165) is 12.0 Å². The van der Waals surface area contributed by atoms with Crippen LogP contribution in [-0.2, 0) is 4.43 Å². The van der Waals surface area contributed by atoms with Crippen LogP contribution in [0.2, 0.25) is 5.04 Å². The van der Waals surface area contributed by atoms with Crippen LogP contribution in [0.4, 0.5) is 0 Å². The summed E-state index contributed by atoms with van der Waals surface area (Å²) in [5.74, 6) is 0. The molecule has 0 aliphatic carbocycles. The zero-order valence-corrected chi connectivity index (χ0v) is 19.8. The van der Waals surface area contributed by atoms with E-state index in [1.807, 2.05) is 30.3 Å². The average molecular weight is 425 g/mol. The van der Waals surface area contributed by atoms with Crippen LogP contribution in [0.5, 0.6) is 0 Å². The molecule has 0 fully saturated rings. The zero-order valence-electron chi connectivity index (χ0n) is 18.8. The van der Waals surface area contributed by atoms with Gasteiger partial charge in [-0.25, -0.2) is 0 Å². The lowest BCUT2D eigenvalue weighted by molar-refractivity contribution is 0.304. The number of allylic oxidation sites excluding steroid dienone is 2. The molecule has 0 spiro atoms. The Hall–Kier alpha value is -2.68. The molecule has 158 valence electrons. The van der Waals surface area contributed by atoms with E-state index >= 15 is 0 Å². The molecule has 0 N–H and O–H groups in total. The highest BCUT2D eigenvalue weighted by atomic mass is 28.4. The van der Waals surface area contributed by atoms with Crippen molar-refractivity contribution in [2.45, 2.75) is 38.7 Å². The van der Waals surface area contributed by atoms with Crippen LogP contribution in [0, 0.1) is 6.58 Å². The van der Waals surface area contributed by atoms with Crippen molar-refractivity contribution in [2.75, 3.05) is 6.61 Å². The quantitative estimate of drug-likeness (QED) is 0.223. The highest BCUT2D eigenvalue weighted by molar-refractivity contribution is 6.99. The highest BCUT2D eigenvalue weighted by Crippen LogP contribution is 2.36. The maximum Gasteiger partial charge on any atom is 0.261 e. The first-order valence-corrected chi connectivity index (χ1v) is 12.9. The topological polar surface area (TPSA) is 9.23 Å². The summed E-state index contributed by atoms with van der Waals surface area (Å²) in [6.07, 6.45) is 5.72. The van der Waals surface area contributed by atoms with Crippen LogP contribution in [0.3, 0.4) is 0 Å². The summed E-state index contributed by atoms with van der Waals surface area (Å²) in [7, 11) is -2.46.